The monoisotopic (exact) mass is 432 g/mol. The van der Waals surface area contributed by atoms with Gasteiger partial charge in [-0.25, -0.2) is 18.7 Å². The Hall–Kier alpha value is -1.29. The number of anilines is 1. The minimum Gasteiger partial charge on any atom is -0.375 e. The minimum absolute atomic E-state index is 0.137. The number of nitrogens with one attached hydrogen (secondary N) is 1. The van der Waals surface area contributed by atoms with Crippen LogP contribution in [0.15, 0.2) is 12.3 Å². The van der Waals surface area contributed by atoms with Gasteiger partial charge in [-0.15, -0.1) is 0 Å². The molecule has 2 aromatic heterocycles. The number of H-pyrrole nitrogens is 1. The molecule has 122 valence electrons. The second kappa shape index (κ2) is 5.66. The van der Waals surface area contributed by atoms with Crippen molar-refractivity contribution in [3.05, 3.63) is 27.2 Å². The van der Waals surface area contributed by atoms with Crippen LogP contribution < -0.4 is 4.90 Å². The highest BCUT2D eigenvalue weighted by Gasteiger charge is 2.40. The number of pyridine rings is 1. The predicted molar refractivity (Wildman–Crippen MR) is 89.7 cm³/mol. The van der Waals surface area contributed by atoms with Crippen LogP contribution in [-0.2, 0) is 17.8 Å². The van der Waals surface area contributed by atoms with Gasteiger partial charge in [0.15, 0.2) is 0 Å². The summed E-state index contributed by atoms with van der Waals surface area (Å²) in [6.45, 7) is 1.18. The third kappa shape index (κ3) is 2.82. The van der Waals surface area contributed by atoms with Crippen molar-refractivity contribution in [3.63, 3.8) is 0 Å². The van der Waals surface area contributed by atoms with Gasteiger partial charge in [-0.3, -0.25) is 0 Å². The van der Waals surface area contributed by atoms with Crippen LogP contribution in [0.25, 0.3) is 11.4 Å². The fraction of sp³-hybridized carbons (Fsp3) is 0.467. The summed E-state index contributed by atoms with van der Waals surface area (Å²) in [5.41, 5.74) is 2.74. The smallest absolute Gasteiger partial charge is 0.266 e. The van der Waals surface area contributed by atoms with Gasteiger partial charge >= 0.3 is 0 Å². The Bertz CT molecular complexity index is 726. The van der Waals surface area contributed by atoms with E-state index in [1.54, 1.807) is 11.1 Å². The van der Waals surface area contributed by atoms with Gasteiger partial charge in [0.25, 0.3) is 5.92 Å². The Morgan fingerprint density at radius 3 is 3.00 bits per heavy atom. The summed E-state index contributed by atoms with van der Waals surface area (Å²) >= 11 is 2.20. The molecule has 0 amide bonds. The fourth-order valence-corrected chi connectivity index (χ4v) is 3.69. The Labute approximate surface area is 145 Å². The molecule has 8 heteroatoms. The number of ether oxygens (including phenoxy) is 1. The first-order valence-electron chi connectivity index (χ1n) is 7.47. The van der Waals surface area contributed by atoms with Crippen LogP contribution in [0.1, 0.15) is 17.8 Å². The summed E-state index contributed by atoms with van der Waals surface area (Å²) in [6, 6.07) is 1.87. The van der Waals surface area contributed by atoms with Crippen molar-refractivity contribution in [2.45, 2.75) is 25.4 Å². The zero-order valence-corrected chi connectivity index (χ0v) is 14.4. The highest BCUT2D eigenvalue weighted by Crippen LogP contribution is 2.37. The van der Waals surface area contributed by atoms with E-state index < -0.39 is 5.92 Å². The Kier molecular flexibility index (Phi) is 3.75. The predicted octanol–water partition coefficient (Wildman–Crippen LogP) is 2.99. The van der Waals surface area contributed by atoms with Crippen LogP contribution in [0.2, 0.25) is 0 Å². The van der Waals surface area contributed by atoms with Gasteiger partial charge in [0.2, 0.25) is 0 Å². The molecule has 4 rings (SSSR count). The summed E-state index contributed by atoms with van der Waals surface area (Å²) in [4.78, 5) is 14.0. The van der Waals surface area contributed by atoms with Crippen molar-refractivity contribution in [1.82, 2.24) is 15.0 Å². The standard InChI is InChI=1S/C15H15F2IN4O/c16-15(17)3-5-22(8-15)14-12(9(18)1-4-19-14)13-20-10-2-6-23-7-11(10)21-13/h1,4H,2-3,5-8H2,(H,20,21). The van der Waals surface area contributed by atoms with Crippen LogP contribution in [0.3, 0.4) is 0 Å². The van der Waals surface area contributed by atoms with E-state index in [2.05, 4.69) is 37.5 Å². The van der Waals surface area contributed by atoms with Gasteiger partial charge in [-0.1, -0.05) is 0 Å². The van der Waals surface area contributed by atoms with Gasteiger partial charge in [-0.05, 0) is 28.7 Å². The van der Waals surface area contributed by atoms with Gasteiger partial charge in [0, 0.05) is 29.2 Å². The number of aromatic amines is 1. The molecule has 2 aromatic rings. The molecule has 0 saturated carbocycles. The van der Waals surface area contributed by atoms with Crippen molar-refractivity contribution >= 4 is 28.4 Å². The highest BCUT2D eigenvalue weighted by molar-refractivity contribution is 14.1. The van der Waals surface area contributed by atoms with E-state index in [0.29, 0.717) is 31.4 Å². The molecule has 1 N–H and O–H groups in total. The van der Waals surface area contributed by atoms with Gasteiger partial charge in [0.1, 0.15) is 11.6 Å². The number of halogens is 3. The van der Waals surface area contributed by atoms with Gasteiger partial charge in [0.05, 0.1) is 36.7 Å². The third-order valence-electron chi connectivity index (χ3n) is 4.18. The normalized spacial score (nSPS) is 19.9. The number of rotatable bonds is 2. The number of alkyl halides is 2. The second-order valence-electron chi connectivity index (χ2n) is 5.83. The van der Waals surface area contributed by atoms with E-state index in [0.717, 1.165) is 26.9 Å². The number of fused-ring (bicyclic) bond motifs is 1. The van der Waals surface area contributed by atoms with Crippen LogP contribution in [0.4, 0.5) is 14.6 Å². The maximum absolute atomic E-state index is 13.6. The van der Waals surface area contributed by atoms with E-state index in [1.807, 2.05) is 6.07 Å². The van der Waals surface area contributed by atoms with E-state index in [9.17, 15) is 8.78 Å². The average Bonchev–Trinajstić information content (AvgIpc) is 3.09. The third-order valence-corrected chi connectivity index (χ3v) is 5.08. The zero-order chi connectivity index (χ0) is 16.0. The number of nitrogens with zero attached hydrogens (tertiary/aromatic N) is 3. The lowest BCUT2D eigenvalue weighted by molar-refractivity contribution is 0.0257. The quantitative estimate of drug-likeness (QED) is 0.742. The molecule has 0 unspecified atom stereocenters. The Balaban J connectivity index is 1.77. The molecule has 4 heterocycles. The molecule has 0 spiro atoms. The average molecular weight is 432 g/mol. The first kappa shape index (κ1) is 15.3. The molecule has 0 aliphatic carbocycles. The largest absolute Gasteiger partial charge is 0.375 e. The van der Waals surface area contributed by atoms with Crippen LogP contribution in [-0.4, -0.2) is 40.6 Å². The van der Waals surface area contributed by atoms with E-state index in [4.69, 9.17) is 4.74 Å². The van der Waals surface area contributed by atoms with Crippen molar-refractivity contribution in [2.24, 2.45) is 0 Å². The Morgan fingerprint density at radius 2 is 2.26 bits per heavy atom. The minimum atomic E-state index is -2.66. The maximum Gasteiger partial charge on any atom is 0.266 e. The fourth-order valence-electron chi connectivity index (χ4n) is 3.04. The SMILES string of the molecule is FC1(F)CCN(c2nccc(I)c2-c2nc3c([nH]2)COCC3)C1. The Morgan fingerprint density at radius 1 is 1.39 bits per heavy atom. The second-order valence-corrected chi connectivity index (χ2v) is 6.99. The summed E-state index contributed by atoms with van der Waals surface area (Å²) in [6.07, 6.45) is 2.28. The molecule has 0 radical (unpaired) electrons. The molecule has 23 heavy (non-hydrogen) atoms. The van der Waals surface area contributed by atoms with Crippen LogP contribution in [0.5, 0.6) is 0 Å². The first-order chi connectivity index (χ1) is 11.0. The zero-order valence-electron chi connectivity index (χ0n) is 12.3. The molecular formula is C15H15F2IN4O. The molecule has 5 nitrogen and oxygen atoms in total. The lowest BCUT2D eigenvalue weighted by Crippen LogP contribution is -2.26. The summed E-state index contributed by atoms with van der Waals surface area (Å²) in [7, 11) is 0. The summed E-state index contributed by atoms with van der Waals surface area (Å²) in [5.74, 6) is -1.40. The van der Waals surface area contributed by atoms with E-state index in [1.165, 1.54) is 0 Å². The summed E-state index contributed by atoms with van der Waals surface area (Å²) in [5, 5.41) is 0. The first-order valence-corrected chi connectivity index (χ1v) is 8.54. The molecular weight excluding hydrogens is 417 g/mol. The highest BCUT2D eigenvalue weighted by atomic mass is 127. The number of hydrogen-bond acceptors (Lipinski definition) is 4. The summed E-state index contributed by atoms with van der Waals surface area (Å²) < 4.78 is 33.6. The van der Waals surface area contributed by atoms with E-state index >= 15 is 0 Å². The van der Waals surface area contributed by atoms with Crippen LogP contribution >= 0.6 is 22.6 Å². The molecule has 2 aliphatic rings. The maximum atomic E-state index is 13.6. The van der Waals surface area contributed by atoms with E-state index in [-0.39, 0.29) is 13.0 Å². The molecule has 0 atom stereocenters. The van der Waals surface area contributed by atoms with Crippen molar-refractivity contribution in [1.29, 1.82) is 0 Å². The van der Waals surface area contributed by atoms with Gasteiger partial charge in [-0.2, -0.15) is 0 Å². The molecule has 1 fully saturated rings. The number of aromatic nitrogens is 3. The molecule has 2 aliphatic heterocycles. The van der Waals surface area contributed by atoms with Crippen molar-refractivity contribution in [2.75, 3.05) is 24.6 Å². The topological polar surface area (TPSA) is 54.0 Å². The molecule has 0 aromatic carbocycles. The van der Waals surface area contributed by atoms with Crippen LogP contribution in [0, 0.1) is 3.57 Å². The van der Waals surface area contributed by atoms with Gasteiger partial charge < -0.3 is 14.6 Å². The number of imidazole rings is 1. The van der Waals surface area contributed by atoms with Crippen molar-refractivity contribution in [3.8, 4) is 11.4 Å². The number of hydrogen-bond donors (Lipinski definition) is 1. The van der Waals surface area contributed by atoms with Crippen molar-refractivity contribution < 1.29 is 13.5 Å². The molecule has 1 saturated heterocycles. The lowest BCUT2D eigenvalue weighted by atomic mass is 10.2. The molecule has 0 bridgehead atoms. The lowest BCUT2D eigenvalue weighted by Gasteiger charge is -2.20.